The Morgan fingerprint density at radius 3 is 2.57 bits per heavy atom. The van der Waals surface area contributed by atoms with E-state index in [-0.39, 0.29) is 12.1 Å². The van der Waals surface area contributed by atoms with Crippen LogP contribution in [0.4, 0.5) is 0 Å². The van der Waals surface area contributed by atoms with Crippen LogP contribution in [0.1, 0.15) is 58.8 Å². The standard InChI is InChI=1S/C12H22O2/c1-3-7-12(13)14-10(2)11-8-5-4-6-9-11/h10-11H,3-9H2,1-2H3/t10-/m0/s1. The van der Waals surface area contributed by atoms with E-state index in [1.165, 1.54) is 32.1 Å². The minimum Gasteiger partial charge on any atom is -0.462 e. The maximum absolute atomic E-state index is 11.3. The van der Waals surface area contributed by atoms with Gasteiger partial charge in [0.05, 0.1) is 0 Å². The summed E-state index contributed by atoms with van der Waals surface area (Å²) in [6.45, 7) is 4.05. The Balaban J connectivity index is 2.25. The molecule has 0 saturated heterocycles. The molecule has 0 spiro atoms. The minimum atomic E-state index is -0.0226. The van der Waals surface area contributed by atoms with E-state index in [2.05, 4.69) is 0 Å². The SMILES string of the molecule is CCCC(=O)O[C@@H](C)C1CCCCC1. The second kappa shape index (κ2) is 6.05. The van der Waals surface area contributed by atoms with E-state index in [9.17, 15) is 4.79 Å². The molecule has 0 radical (unpaired) electrons. The van der Waals surface area contributed by atoms with Gasteiger partial charge in [0.15, 0.2) is 0 Å². The van der Waals surface area contributed by atoms with Crippen LogP contribution in [0, 0.1) is 5.92 Å². The van der Waals surface area contributed by atoms with E-state index in [0.717, 1.165) is 6.42 Å². The van der Waals surface area contributed by atoms with Crippen molar-refractivity contribution in [3.8, 4) is 0 Å². The second-order valence-electron chi connectivity index (χ2n) is 4.34. The van der Waals surface area contributed by atoms with Gasteiger partial charge in [0, 0.05) is 6.42 Å². The third-order valence-corrected chi connectivity index (χ3v) is 3.09. The quantitative estimate of drug-likeness (QED) is 0.648. The first kappa shape index (κ1) is 11.5. The van der Waals surface area contributed by atoms with Crippen molar-refractivity contribution in [3.05, 3.63) is 0 Å². The van der Waals surface area contributed by atoms with Gasteiger partial charge in [-0.25, -0.2) is 0 Å². The molecule has 2 nitrogen and oxygen atoms in total. The molecule has 0 aromatic carbocycles. The van der Waals surface area contributed by atoms with E-state index >= 15 is 0 Å². The summed E-state index contributed by atoms with van der Waals surface area (Å²) in [5.41, 5.74) is 0. The van der Waals surface area contributed by atoms with Crippen LogP contribution in [0.3, 0.4) is 0 Å². The molecular formula is C12H22O2. The number of ether oxygens (including phenoxy) is 1. The zero-order valence-corrected chi connectivity index (χ0v) is 9.42. The second-order valence-corrected chi connectivity index (χ2v) is 4.34. The highest BCUT2D eigenvalue weighted by molar-refractivity contribution is 5.69. The Labute approximate surface area is 87.0 Å². The number of rotatable bonds is 4. The molecule has 0 unspecified atom stereocenters. The average Bonchev–Trinajstić information content (AvgIpc) is 2.19. The molecule has 1 rings (SSSR count). The molecule has 1 aliphatic rings. The van der Waals surface area contributed by atoms with Gasteiger partial charge in [-0.3, -0.25) is 4.79 Å². The van der Waals surface area contributed by atoms with Crippen LogP contribution in [-0.4, -0.2) is 12.1 Å². The summed E-state index contributed by atoms with van der Waals surface area (Å²) in [7, 11) is 0. The van der Waals surface area contributed by atoms with E-state index in [4.69, 9.17) is 4.74 Å². The Morgan fingerprint density at radius 2 is 2.00 bits per heavy atom. The molecule has 1 aliphatic carbocycles. The lowest BCUT2D eigenvalue weighted by atomic mass is 9.86. The zero-order valence-electron chi connectivity index (χ0n) is 9.42. The third kappa shape index (κ3) is 3.69. The normalized spacial score (nSPS) is 20.4. The Bertz CT molecular complexity index is 171. The van der Waals surface area contributed by atoms with Crippen molar-refractivity contribution in [1.29, 1.82) is 0 Å². The highest BCUT2D eigenvalue weighted by atomic mass is 16.5. The molecule has 1 atom stereocenters. The zero-order chi connectivity index (χ0) is 10.4. The first-order chi connectivity index (χ1) is 6.74. The minimum absolute atomic E-state index is 0.0226. The highest BCUT2D eigenvalue weighted by Crippen LogP contribution is 2.27. The lowest BCUT2D eigenvalue weighted by Gasteiger charge is -2.27. The lowest BCUT2D eigenvalue weighted by Crippen LogP contribution is -2.25. The summed E-state index contributed by atoms with van der Waals surface area (Å²) in [5.74, 6) is 0.593. The summed E-state index contributed by atoms with van der Waals surface area (Å²) in [6, 6.07) is 0. The predicted octanol–water partition coefficient (Wildman–Crippen LogP) is 3.30. The number of hydrogen-bond acceptors (Lipinski definition) is 2. The molecule has 82 valence electrons. The summed E-state index contributed by atoms with van der Waals surface area (Å²) < 4.78 is 5.39. The summed E-state index contributed by atoms with van der Waals surface area (Å²) in [5, 5.41) is 0. The number of esters is 1. The molecule has 0 aromatic rings. The van der Waals surface area contributed by atoms with Crippen molar-refractivity contribution in [1.82, 2.24) is 0 Å². The van der Waals surface area contributed by atoms with Gasteiger partial charge in [-0.1, -0.05) is 26.2 Å². The van der Waals surface area contributed by atoms with Gasteiger partial charge in [-0.05, 0) is 32.1 Å². The number of carbonyl (C=O) groups excluding carboxylic acids is 1. The summed E-state index contributed by atoms with van der Waals surface area (Å²) in [6.07, 6.45) is 8.02. The van der Waals surface area contributed by atoms with Gasteiger partial charge < -0.3 is 4.74 Å². The Morgan fingerprint density at radius 1 is 1.36 bits per heavy atom. The Kier molecular flexibility index (Phi) is 4.99. The van der Waals surface area contributed by atoms with E-state index in [0.29, 0.717) is 12.3 Å². The van der Waals surface area contributed by atoms with Gasteiger partial charge in [0.2, 0.25) is 0 Å². The first-order valence-electron chi connectivity index (χ1n) is 5.93. The van der Waals surface area contributed by atoms with Crippen LogP contribution >= 0.6 is 0 Å². The molecule has 2 heteroatoms. The topological polar surface area (TPSA) is 26.3 Å². The molecule has 1 saturated carbocycles. The summed E-state index contributed by atoms with van der Waals surface area (Å²) >= 11 is 0. The molecule has 0 aromatic heterocycles. The Hall–Kier alpha value is -0.530. The molecule has 0 heterocycles. The average molecular weight is 198 g/mol. The molecular weight excluding hydrogens is 176 g/mol. The van der Waals surface area contributed by atoms with Gasteiger partial charge in [-0.2, -0.15) is 0 Å². The maximum atomic E-state index is 11.3. The van der Waals surface area contributed by atoms with Gasteiger partial charge >= 0.3 is 5.97 Å². The summed E-state index contributed by atoms with van der Waals surface area (Å²) in [4.78, 5) is 11.3. The van der Waals surface area contributed by atoms with Gasteiger partial charge in [-0.15, -0.1) is 0 Å². The smallest absolute Gasteiger partial charge is 0.306 e. The van der Waals surface area contributed by atoms with Crippen molar-refractivity contribution in [2.45, 2.75) is 64.9 Å². The molecule has 1 fully saturated rings. The monoisotopic (exact) mass is 198 g/mol. The predicted molar refractivity (Wildman–Crippen MR) is 57.0 cm³/mol. The molecule has 0 amide bonds. The lowest BCUT2D eigenvalue weighted by molar-refractivity contribution is -0.151. The molecule has 0 N–H and O–H groups in total. The van der Waals surface area contributed by atoms with E-state index in [1.54, 1.807) is 0 Å². The van der Waals surface area contributed by atoms with Crippen LogP contribution in [-0.2, 0) is 9.53 Å². The van der Waals surface area contributed by atoms with Crippen molar-refractivity contribution >= 4 is 5.97 Å². The van der Waals surface area contributed by atoms with Crippen LogP contribution in [0.2, 0.25) is 0 Å². The first-order valence-corrected chi connectivity index (χ1v) is 5.93. The highest BCUT2D eigenvalue weighted by Gasteiger charge is 2.22. The fourth-order valence-electron chi connectivity index (χ4n) is 2.17. The molecule has 0 bridgehead atoms. The third-order valence-electron chi connectivity index (χ3n) is 3.09. The van der Waals surface area contributed by atoms with Gasteiger partial charge in [0.25, 0.3) is 0 Å². The van der Waals surface area contributed by atoms with Crippen molar-refractivity contribution in [2.75, 3.05) is 0 Å². The van der Waals surface area contributed by atoms with Gasteiger partial charge in [0.1, 0.15) is 6.10 Å². The number of carbonyl (C=O) groups is 1. The van der Waals surface area contributed by atoms with Crippen molar-refractivity contribution in [2.24, 2.45) is 5.92 Å². The maximum Gasteiger partial charge on any atom is 0.306 e. The molecule has 14 heavy (non-hydrogen) atoms. The van der Waals surface area contributed by atoms with Crippen molar-refractivity contribution < 1.29 is 9.53 Å². The van der Waals surface area contributed by atoms with Crippen LogP contribution in [0.15, 0.2) is 0 Å². The fraction of sp³-hybridized carbons (Fsp3) is 0.917. The van der Waals surface area contributed by atoms with Crippen LogP contribution in [0.25, 0.3) is 0 Å². The van der Waals surface area contributed by atoms with Crippen LogP contribution in [0.5, 0.6) is 0 Å². The fourth-order valence-corrected chi connectivity index (χ4v) is 2.17. The largest absolute Gasteiger partial charge is 0.462 e. The van der Waals surface area contributed by atoms with E-state index < -0.39 is 0 Å². The molecule has 0 aliphatic heterocycles. The van der Waals surface area contributed by atoms with Crippen LogP contribution < -0.4 is 0 Å². The van der Waals surface area contributed by atoms with Crippen molar-refractivity contribution in [3.63, 3.8) is 0 Å². The van der Waals surface area contributed by atoms with E-state index in [1.807, 2.05) is 13.8 Å². The number of hydrogen-bond donors (Lipinski definition) is 0.